The number of aliphatic hydroxyl groups excluding tert-OH is 1. The fourth-order valence-electron chi connectivity index (χ4n) is 1.01. The first-order valence-electron chi connectivity index (χ1n) is 3.80. The minimum Gasteiger partial charge on any atom is -0.478 e. The van der Waals surface area contributed by atoms with Crippen LogP contribution in [-0.2, 0) is 63.9 Å². The van der Waals surface area contributed by atoms with Gasteiger partial charge in [0.15, 0.2) is 6.29 Å². The van der Waals surface area contributed by atoms with Crippen LogP contribution in [0.2, 0.25) is 0 Å². The summed E-state index contributed by atoms with van der Waals surface area (Å²) in [7, 11) is 0. The van der Waals surface area contributed by atoms with E-state index in [0.717, 1.165) is 18.2 Å². The van der Waals surface area contributed by atoms with Gasteiger partial charge in [-0.3, -0.25) is 10.1 Å². The molecule has 21 heavy (non-hydrogen) atoms. The van der Waals surface area contributed by atoms with Crippen molar-refractivity contribution in [3.05, 3.63) is 39.4 Å². The van der Waals surface area contributed by atoms with E-state index in [4.69, 9.17) is 15.3 Å². The van der Waals surface area contributed by atoms with Gasteiger partial charge >= 0.3 is 5.97 Å². The molecule has 0 aliphatic carbocycles. The van der Waals surface area contributed by atoms with Crippen molar-refractivity contribution in [2.45, 2.75) is 6.29 Å². The Labute approximate surface area is 156 Å². The molecule has 1 rings (SSSR count). The molecule has 0 unspecified atom stereocenters. The Kier molecular flexibility index (Phi) is 28.6. The summed E-state index contributed by atoms with van der Waals surface area (Å²) in [6.07, 6.45) is -1.94. The van der Waals surface area contributed by atoms with E-state index in [-0.39, 0.29) is 86.0 Å². The molecule has 110 valence electrons. The maximum Gasteiger partial charge on any atom is 0.335 e. The number of carboxylic acid groups (broad SMARTS) is 1. The number of carboxylic acids is 1. The minimum atomic E-state index is -1.94. The number of hydrogen-bond donors (Lipinski definition) is 3. The van der Waals surface area contributed by atoms with Gasteiger partial charge in [-0.2, -0.15) is 0 Å². The molecule has 0 aliphatic heterocycles. The summed E-state index contributed by atoms with van der Waals surface area (Å²) in [5.74, 6) is -1.37. The smallest absolute Gasteiger partial charge is 0.335 e. The second-order valence-electron chi connectivity index (χ2n) is 2.75. The third kappa shape index (κ3) is 11.0. The fraction of sp³-hybridized carbons (Fsp3) is 0.125. The Morgan fingerprint density at radius 1 is 1.10 bits per heavy atom. The average Bonchev–Trinajstić information content (AvgIpc) is 2.16. The second-order valence-corrected chi connectivity index (χ2v) is 2.75. The maximum atomic E-state index is 10.6. The van der Waals surface area contributed by atoms with Gasteiger partial charge in [0, 0.05) is 76.1 Å². The molecule has 10 N–H and O–H groups in total. The maximum absolute atomic E-state index is 10.6. The summed E-state index contributed by atoms with van der Waals surface area (Å²) in [6, 6.07) is 2.70. The number of nitro benzene ring substituents is 1. The van der Waals surface area contributed by atoms with E-state index in [0.29, 0.717) is 0 Å². The second kappa shape index (κ2) is 16.1. The molecule has 0 radical (unpaired) electrons. The Morgan fingerprint density at radius 3 is 1.81 bits per heavy atom. The number of rotatable bonds is 3. The Hall–Kier alpha value is -0.240. The molecule has 0 saturated carbocycles. The molecule has 0 bridgehead atoms. The van der Waals surface area contributed by atoms with Crippen LogP contribution >= 0.6 is 0 Å². The quantitative estimate of drug-likeness (QED) is 0.147. The van der Waals surface area contributed by atoms with Crippen LogP contribution in [0.5, 0.6) is 0 Å². The predicted molar refractivity (Wildman–Crippen MR) is 59.3 cm³/mol. The van der Waals surface area contributed by atoms with E-state index in [1.807, 2.05) is 0 Å². The molecule has 0 aliphatic rings. The van der Waals surface area contributed by atoms with Crippen LogP contribution in [0, 0.1) is 10.1 Å². The van der Waals surface area contributed by atoms with Crippen molar-refractivity contribution in [1.82, 2.24) is 0 Å². The Bertz CT molecular complexity index is 397. The average molecular weight is 464 g/mol. The number of nitro groups is 1. The van der Waals surface area contributed by atoms with E-state index in [9.17, 15) is 14.9 Å². The first kappa shape index (κ1) is 37.2. The molecule has 0 heterocycles. The third-order valence-electron chi connectivity index (χ3n) is 1.70. The molecule has 0 spiro atoms. The van der Waals surface area contributed by atoms with Crippen LogP contribution < -0.4 is 0 Å². The molecule has 0 saturated heterocycles. The van der Waals surface area contributed by atoms with Crippen molar-refractivity contribution in [3.63, 3.8) is 0 Å². The summed E-state index contributed by atoms with van der Waals surface area (Å²) in [5, 5.41) is 36.6. The van der Waals surface area contributed by atoms with Gasteiger partial charge in [0.25, 0.3) is 5.69 Å². The van der Waals surface area contributed by atoms with Crippen LogP contribution in [0.3, 0.4) is 0 Å². The SMILES string of the molecule is O.O.O=C(O)c1cc(C(O)O)cc([N+](=O)[O-])c1.[OH3+].[Zn].[Zn].[Zn]. The topological polar surface area (TPSA) is 217 Å². The van der Waals surface area contributed by atoms with Gasteiger partial charge in [-0.1, -0.05) is 0 Å². The summed E-state index contributed by atoms with van der Waals surface area (Å²) in [4.78, 5) is 20.2. The summed E-state index contributed by atoms with van der Waals surface area (Å²) < 4.78 is 0. The van der Waals surface area contributed by atoms with Crippen LogP contribution in [0.1, 0.15) is 22.2 Å². The zero-order chi connectivity index (χ0) is 11.6. The summed E-state index contributed by atoms with van der Waals surface area (Å²) in [6.45, 7) is 0. The van der Waals surface area contributed by atoms with Crippen molar-refractivity contribution >= 4 is 11.7 Å². The Morgan fingerprint density at radius 2 is 1.52 bits per heavy atom. The number of hydrogen-bond acceptors (Lipinski definition) is 5. The van der Waals surface area contributed by atoms with Crippen LogP contribution in [0.15, 0.2) is 18.2 Å². The zero-order valence-electron chi connectivity index (χ0n) is 11.0. The summed E-state index contributed by atoms with van der Waals surface area (Å²) in [5.41, 5.74) is -1.10. The van der Waals surface area contributed by atoms with E-state index in [2.05, 4.69) is 0 Å². The van der Waals surface area contributed by atoms with Gasteiger partial charge in [0.2, 0.25) is 0 Å². The number of carbonyl (C=O) groups is 1. The van der Waals surface area contributed by atoms with Gasteiger partial charge in [-0.15, -0.1) is 0 Å². The molecule has 13 heteroatoms. The van der Waals surface area contributed by atoms with E-state index >= 15 is 0 Å². The van der Waals surface area contributed by atoms with Crippen molar-refractivity contribution in [1.29, 1.82) is 0 Å². The predicted octanol–water partition coefficient (Wildman–Crippen LogP) is -2.30. The van der Waals surface area contributed by atoms with Crippen molar-refractivity contribution < 1.29 is 99.9 Å². The van der Waals surface area contributed by atoms with E-state index in [1.165, 1.54) is 0 Å². The number of benzene rings is 1. The molecule has 1 aromatic carbocycles. The van der Waals surface area contributed by atoms with Gasteiger partial charge in [-0.25, -0.2) is 4.79 Å². The number of aliphatic hydroxyl groups is 2. The summed E-state index contributed by atoms with van der Waals surface area (Å²) >= 11 is 0. The van der Waals surface area contributed by atoms with Crippen LogP contribution in [-0.4, -0.2) is 37.2 Å². The molecule has 0 fully saturated rings. The molecular formula is C8H14NO9Zn3+. The van der Waals surface area contributed by atoms with Gasteiger partial charge in [0.1, 0.15) is 0 Å². The van der Waals surface area contributed by atoms with Crippen LogP contribution in [0.4, 0.5) is 5.69 Å². The van der Waals surface area contributed by atoms with Gasteiger partial charge < -0.3 is 31.7 Å². The molecule has 0 amide bonds. The van der Waals surface area contributed by atoms with Crippen LogP contribution in [0.25, 0.3) is 0 Å². The normalized spacial score (nSPS) is 7.38. The first-order chi connectivity index (χ1) is 6.91. The zero-order valence-corrected chi connectivity index (χ0v) is 19.9. The van der Waals surface area contributed by atoms with E-state index < -0.39 is 22.9 Å². The van der Waals surface area contributed by atoms with Gasteiger partial charge in [-0.05, 0) is 6.07 Å². The molecular weight excluding hydrogens is 450 g/mol. The molecule has 1 aromatic rings. The fourth-order valence-corrected chi connectivity index (χ4v) is 1.01. The number of aromatic carboxylic acids is 1. The molecule has 10 nitrogen and oxygen atoms in total. The van der Waals surface area contributed by atoms with Crippen molar-refractivity contribution in [3.8, 4) is 0 Å². The van der Waals surface area contributed by atoms with Crippen molar-refractivity contribution in [2.24, 2.45) is 0 Å². The molecule has 0 atom stereocenters. The Balaban J connectivity index is -0.0000000937. The van der Waals surface area contributed by atoms with Crippen molar-refractivity contribution in [2.75, 3.05) is 0 Å². The number of non-ortho nitro benzene ring substituents is 1. The monoisotopic (exact) mass is 460 g/mol. The van der Waals surface area contributed by atoms with E-state index in [1.54, 1.807) is 0 Å². The largest absolute Gasteiger partial charge is 0.478 e. The first-order valence-corrected chi connectivity index (χ1v) is 3.80. The third-order valence-corrected chi connectivity index (χ3v) is 1.70. The number of nitrogens with zero attached hydrogens (tertiary/aromatic N) is 1. The van der Waals surface area contributed by atoms with Gasteiger partial charge in [0.05, 0.1) is 10.5 Å². The standard InChI is InChI=1S/C8H7NO6.3H2O.3Zn/c10-7(11)4-1-5(8(12)13)3-6(2-4)9(14)15;;;;;;/h1-3,7,10-11H,(H,12,13);3*1H2;;;/p+1. The minimum absolute atomic E-state index is 0. The molecule has 0 aromatic heterocycles.